The summed E-state index contributed by atoms with van der Waals surface area (Å²) in [7, 11) is 2.05. The van der Waals surface area contributed by atoms with Crippen molar-refractivity contribution in [2.24, 2.45) is 5.73 Å². The van der Waals surface area contributed by atoms with Crippen molar-refractivity contribution in [3.05, 3.63) is 10.4 Å². The van der Waals surface area contributed by atoms with E-state index in [4.69, 9.17) is 19.0 Å². The van der Waals surface area contributed by atoms with E-state index < -0.39 is 14.9 Å². The molecule has 1 heterocycles. The molecule has 1 rings (SSSR count). The maximum Gasteiger partial charge on any atom is 0.500 e. The average molecular weight is 458 g/mol. The van der Waals surface area contributed by atoms with Crippen molar-refractivity contribution in [1.29, 1.82) is 0 Å². The number of thioether (sulfide) groups is 1. The summed E-state index contributed by atoms with van der Waals surface area (Å²) >= 11 is 4.79. The Hall–Kier alpha value is 0.237. The summed E-state index contributed by atoms with van der Waals surface area (Å²) < 4.78 is 19.1. The molecule has 0 fully saturated rings. The second kappa shape index (κ2) is 14.3. The number of carbonyl (C=O) groups excluding carboxylic acids is 1. The Kier molecular flexibility index (Phi) is 13.3. The van der Waals surface area contributed by atoms with Crippen LogP contribution in [0, 0.1) is 0 Å². The van der Waals surface area contributed by atoms with Crippen LogP contribution in [-0.2, 0) is 18.1 Å². The molecule has 0 aliphatic carbocycles. The molecular formula is C15H31N3O5S3Si. The van der Waals surface area contributed by atoms with Crippen molar-refractivity contribution in [2.45, 2.75) is 37.8 Å². The average Bonchev–Trinajstić information content (AvgIpc) is 3.12. The molecule has 4 N–H and O–H groups in total. The van der Waals surface area contributed by atoms with E-state index in [1.54, 1.807) is 45.0 Å². The molecule has 0 aromatic carbocycles. The highest BCUT2D eigenvalue weighted by Crippen LogP contribution is 2.38. The van der Waals surface area contributed by atoms with Crippen LogP contribution in [0.3, 0.4) is 0 Å². The number of rotatable bonds is 16. The van der Waals surface area contributed by atoms with E-state index in [1.165, 1.54) is 16.2 Å². The number of ketones is 1. The first-order chi connectivity index (χ1) is 13.0. The van der Waals surface area contributed by atoms with Crippen molar-refractivity contribution in [1.82, 2.24) is 9.25 Å². The Balaban J connectivity index is 2.16. The summed E-state index contributed by atoms with van der Waals surface area (Å²) in [6, 6.07) is 0.581. The molecule has 0 aromatic rings. The number of aliphatic hydroxyl groups is 1. The van der Waals surface area contributed by atoms with Gasteiger partial charge in [0.15, 0.2) is 0 Å². The maximum absolute atomic E-state index is 12.1. The minimum absolute atomic E-state index is 0.0347. The van der Waals surface area contributed by atoms with Crippen LogP contribution in [0.25, 0.3) is 0 Å². The first-order valence-corrected chi connectivity index (χ1v) is 13.4. The van der Waals surface area contributed by atoms with Gasteiger partial charge in [-0.3, -0.25) is 4.79 Å². The van der Waals surface area contributed by atoms with Crippen LogP contribution in [0.5, 0.6) is 0 Å². The van der Waals surface area contributed by atoms with Gasteiger partial charge in [-0.05, 0) is 49.0 Å². The molecular weight excluding hydrogens is 426 g/mol. The number of Topliss-reactive ketones (excluding diaryl/α,β-unsaturated/α-hetero) is 1. The Labute approximate surface area is 175 Å². The van der Waals surface area contributed by atoms with Gasteiger partial charge in [0.2, 0.25) is 0 Å². The van der Waals surface area contributed by atoms with Crippen LogP contribution in [0.4, 0.5) is 0 Å². The highest BCUT2D eigenvalue weighted by molar-refractivity contribution is 8.25. The smallest absolute Gasteiger partial charge is 0.392 e. The Morgan fingerprint density at radius 1 is 1.37 bits per heavy atom. The predicted molar refractivity (Wildman–Crippen MR) is 116 cm³/mol. The Morgan fingerprint density at radius 3 is 2.70 bits per heavy atom. The van der Waals surface area contributed by atoms with Gasteiger partial charge in [-0.2, -0.15) is 0 Å². The number of carbonyl (C=O) groups is 1. The van der Waals surface area contributed by atoms with Gasteiger partial charge in [0, 0.05) is 52.2 Å². The van der Waals surface area contributed by atoms with Crippen molar-refractivity contribution < 1.29 is 23.2 Å². The van der Waals surface area contributed by atoms with Crippen LogP contribution >= 0.6 is 35.7 Å². The number of hydrogen-bond acceptors (Lipinski definition) is 11. The third-order valence-electron chi connectivity index (χ3n) is 3.77. The lowest BCUT2D eigenvalue weighted by Gasteiger charge is -2.24. The second-order valence-corrected chi connectivity index (χ2v) is 12.4. The van der Waals surface area contributed by atoms with Crippen LogP contribution in [0.15, 0.2) is 10.4 Å². The zero-order chi connectivity index (χ0) is 20.1. The molecule has 1 aliphatic heterocycles. The summed E-state index contributed by atoms with van der Waals surface area (Å²) in [6.45, 7) is 0.697. The minimum atomic E-state index is -2.63. The predicted octanol–water partition coefficient (Wildman–Crippen LogP) is 1.96. The standard InChI is InChI=1S/C15H31N3O5S3Si/c1-21-27(22-2,23-3)9-4-6-13(19)10-14(20)12-25-18-17-11-15(26-18)24-8-5-7-16/h11,14,17,20H,4-10,12,16H2,1-3H3. The van der Waals surface area contributed by atoms with E-state index >= 15 is 0 Å². The van der Waals surface area contributed by atoms with Gasteiger partial charge in [-0.15, -0.1) is 15.6 Å². The van der Waals surface area contributed by atoms with Crippen LogP contribution in [0.2, 0.25) is 6.04 Å². The van der Waals surface area contributed by atoms with Crippen molar-refractivity contribution in [2.75, 3.05) is 39.4 Å². The molecule has 158 valence electrons. The number of nitrogens with one attached hydrogen (secondary N) is 1. The lowest BCUT2D eigenvalue weighted by molar-refractivity contribution is -0.120. The molecule has 27 heavy (non-hydrogen) atoms. The van der Waals surface area contributed by atoms with Crippen molar-refractivity contribution in [3.8, 4) is 0 Å². The lowest BCUT2D eigenvalue weighted by Crippen LogP contribution is -2.42. The highest BCUT2D eigenvalue weighted by atomic mass is 32.2. The fourth-order valence-corrected chi connectivity index (χ4v) is 7.02. The van der Waals surface area contributed by atoms with E-state index in [0.717, 1.165) is 12.2 Å². The number of aliphatic hydroxyl groups excluding tert-OH is 1. The molecule has 1 atom stereocenters. The Morgan fingerprint density at radius 2 is 2.07 bits per heavy atom. The first-order valence-electron chi connectivity index (χ1n) is 8.74. The van der Waals surface area contributed by atoms with E-state index in [9.17, 15) is 9.90 Å². The molecule has 12 heteroatoms. The molecule has 0 spiro atoms. The Bertz CT molecular complexity index is 464. The SMILES string of the molecule is CO[Si](CCCC(=O)CC(O)CSN1NC=C(SCCCN)S1)(OC)OC. The molecule has 0 saturated heterocycles. The number of hydrogen-bond donors (Lipinski definition) is 3. The van der Waals surface area contributed by atoms with Gasteiger partial charge in [0.1, 0.15) is 5.78 Å². The van der Waals surface area contributed by atoms with Crippen molar-refractivity contribution in [3.63, 3.8) is 0 Å². The number of hydrazine groups is 1. The van der Waals surface area contributed by atoms with Gasteiger partial charge < -0.3 is 29.5 Å². The molecule has 0 aromatic heterocycles. The topological polar surface area (TPSA) is 106 Å². The van der Waals surface area contributed by atoms with Crippen LogP contribution < -0.4 is 11.2 Å². The van der Waals surface area contributed by atoms with Crippen LogP contribution in [-0.4, -0.2) is 69.0 Å². The maximum atomic E-state index is 12.1. The normalized spacial score (nSPS) is 16.3. The zero-order valence-corrected chi connectivity index (χ0v) is 19.6. The van der Waals surface area contributed by atoms with Gasteiger partial charge in [0.05, 0.1) is 10.3 Å². The molecule has 8 nitrogen and oxygen atoms in total. The molecule has 0 bridgehead atoms. The monoisotopic (exact) mass is 457 g/mol. The fraction of sp³-hybridized carbons (Fsp3) is 0.800. The summed E-state index contributed by atoms with van der Waals surface area (Å²) in [5.41, 5.74) is 8.62. The van der Waals surface area contributed by atoms with Gasteiger partial charge in [-0.1, -0.05) is 0 Å². The quantitative estimate of drug-likeness (QED) is 0.180. The largest absolute Gasteiger partial charge is 0.500 e. The molecule has 1 aliphatic rings. The number of nitrogens with two attached hydrogens (primary N) is 1. The third kappa shape index (κ3) is 10.0. The summed E-state index contributed by atoms with van der Waals surface area (Å²) in [5, 5.41) is 10.1. The second-order valence-electron chi connectivity index (χ2n) is 5.77. The summed E-state index contributed by atoms with van der Waals surface area (Å²) in [5.74, 6) is 1.48. The highest BCUT2D eigenvalue weighted by Gasteiger charge is 2.37. The van der Waals surface area contributed by atoms with E-state index in [2.05, 4.69) is 5.43 Å². The molecule has 0 saturated carbocycles. The molecule has 0 radical (unpaired) electrons. The number of nitrogens with zero attached hydrogens (tertiary/aromatic N) is 1. The summed E-state index contributed by atoms with van der Waals surface area (Å²) in [4.78, 5) is 12.1. The van der Waals surface area contributed by atoms with E-state index in [-0.39, 0.29) is 12.2 Å². The van der Waals surface area contributed by atoms with Gasteiger partial charge >= 0.3 is 8.80 Å². The fourth-order valence-electron chi connectivity index (χ4n) is 2.26. The zero-order valence-electron chi connectivity index (χ0n) is 16.1. The molecule has 1 unspecified atom stereocenters. The van der Waals surface area contributed by atoms with E-state index in [1.807, 2.05) is 10.0 Å². The van der Waals surface area contributed by atoms with Crippen molar-refractivity contribution >= 4 is 50.2 Å². The summed E-state index contributed by atoms with van der Waals surface area (Å²) in [6.07, 6.45) is 3.41. The minimum Gasteiger partial charge on any atom is -0.392 e. The third-order valence-corrected chi connectivity index (χ3v) is 10.1. The lowest BCUT2D eigenvalue weighted by atomic mass is 10.1. The van der Waals surface area contributed by atoms with E-state index in [0.29, 0.717) is 31.2 Å². The van der Waals surface area contributed by atoms with Gasteiger partial charge in [0.25, 0.3) is 0 Å². The van der Waals surface area contributed by atoms with Crippen LogP contribution in [0.1, 0.15) is 25.7 Å². The molecule has 0 amide bonds. The first kappa shape index (κ1) is 25.3. The van der Waals surface area contributed by atoms with Gasteiger partial charge in [-0.25, -0.2) is 0 Å².